The highest BCUT2D eigenvalue weighted by atomic mass is 35.5. The highest BCUT2D eigenvalue weighted by molar-refractivity contribution is 6.30. The van der Waals surface area contributed by atoms with E-state index in [1.54, 1.807) is 7.11 Å². The van der Waals surface area contributed by atoms with Crippen LogP contribution in [-0.2, 0) is 4.74 Å². The Labute approximate surface area is 131 Å². The van der Waals surface area contributed by atoms with E-state index in [1.165, 1.54) is 5.69 Å². The van der Waals surface area contributed by atoms with Crippen LogP contribution in [0.4, 0.5) is 5.69 Å². The van der Waals surface area contributed by atoms with E-state index in [-0.39, 0.29) is 0 Å². The van der Waals surface area contributed by atoms with Crippen LogP contribution in [-0.4, -0.2) is 64.3 Å². The Morgan fingerprint density at radius 2 is 2.10 bits per heavy atom. The molecule has 5 nitrogen and oxygen atoms in total. The van der Waals surface area contributed by atoms with E-state index >= 15 is 0 Å². The van der Waals surface area contributed by atoms with Gasteiger partial charge in [-0.3, -0.25) is 4.99 Å². The van der Waals surface area contributed by atoms with Crippen molar-refractivity contribution in [1.29, 1.82) is 0 Å². The molecular formula is C15H23ClN4O. The molecule has 1 aliphatic heterocycles. The second-order valence-corrected chi connectivity index (χ2v) is 5.36. The molecule has 1 fully saturated rings. The van der Waals surface area contributed by atoms with Gasteiger partial charge in [-0.05, 0) is 18.2 Å². The van der Waals surface area contributed by atoms with E-state index < -0.39 is 0 Å². The molecule has 1 N–H and O–H groups in total. The van der Waals surface area contributed by atoms with E-state index in [0.717, 1.165) is 43.7 Å². The Kier molecular flexibility index (Phi) is 6.14. The van der Waals surface area contributed by atoms with Crippen molar-refractivity contribution in [2.75, 3.05) is 58.4 Å². The third kappa shape index (κ3) is 4.51. The van der Waals surface area contributed by atoms with Crippen LogP contribution in [0, 0.1) is 0 Å². The van der Waals surface area contributed by atoms with Gasteiger partial charge in [0.25, 0.3) is 0 Å². The summed E-state index contributed by atoms with van der Waals surface area (Å²) in [5.41, 5.74) is 1.18. The number of anilines is 1. The predicted molar refractivity (Wildman–Crippen MR) is 88.5 cm³/mol. The fourth-order valence-corrected chi connectivity index (χ4v) is 2.63. The summed E-state index contributed by atoms with van der Waals surface area (Å²) >= 11 is 6.06. The van der Waals surface area contributed by atoms with Crippen molar-refractivity contribution in [3.63, 3.8) is 0 Å². The second kappa shape index (κ2) is 8.10. The smallest absolute Gasteiger partial charge is 0.193 e. The molecule has 0 radical (unpaired) electrons. The number of aliphatic imine (C=N–C) groups is 1. The van der Waals surface area contributed by atoms with Crippen LogP contribution in [0.5, 0.6) is 0 Å². The van der Waals surface area contributed by atoms with Gasteiger partial charge in [-0.15, -0.1) is 0 Å². The number of benzene rings is 1. The van der Waals surface area contributed by atoms with E-state index in [1.807, 2.05) is 25.2 Å². The van der Waals surface area contributed by atoms with Crippen molar-refractivity contribution in [2.24, 2.45) is 4.99 Å². The molecule has 1 aliphatic rings. The lowest BCUT2D eigenvalue weighted by molar-refractivity contribution is 0.202. The number of piperazine rings is 1. The quantitative estimate of drug-likeness (QED) is 0.522. The molecule has 1 aromatic rings. The third-order valence-electron chi connectivity index (χ3n) is 3.55. The van der Waals surface area contributed by atoms with Crippen LogP contribution in [0.1, 0.15) is 0 Å². The van der Waals surface area contributed by atoms with Gasteiger partial charge in [0.1, 0.15) is 0 Å². The molecular weight excluding hydrogens is 288 g/mol. The lowest BCUT2D eigenvalue weighted by Gasteiger charge is -2.37. The summed E-state index contributed by atoms with van der Waals surface area (Å²) in [7, 11) is 3.52. The molecule has 0 saturated carbocycles. The molecule has 0 aliphatic carbocycles. The molecule has 0 bridgehead atoms. The zero-order chi connectivity index (χ0) is 15.1. The normalized spacial score (nSPS) is 16.2. The van der Waals surface area contributed by atoms with Gasteiger partial charge in [0, 0.05) is 57.6 Å². The highest BCUT2D eigenvalue weighted by Crippen LogP contribution is 2.20. The van der Waals surface area contributed by atoms with Crippen molar-refractivity contribution in [1.82, 2.24) is 10.2 Å². The topological polar surface area (TPSA) is 40.1 Å². The van der Waals surface area contributed by atoms with Gasteiger partial charge in [-0.25, -0.2) is 0 Å². The first-order chi connectivity index (χ1) is 10.2. The average Bonchev–Trinajstić information content (AvgIpc) is 2.52. The van der Waals surface area contributed by atoms with Gasteiger partial charge >= 0.3 is 0 Å². The summed E-state index contributed by atoms with van der Waals surface area (Å²) in [6.07, 6.45) is 0. The molecule has 0 unspecified atom stereocenters. The molecule has 0 aromatic heterocycles. The van der Waals surface area contributed by atoms with Crippen LogP contribution in [0.3, 0.4) is 0 Å². The maximum Gasteiger partial charge on any atom is 0.193 e. The minimum atomic E-state index is 0.682. The van der Waals surface area contributed by atoms with Gasteiger partial charge in [-0.2, -0.15) is 0 Å². The van der Waals surface area contributed by atoms with Crippen LogP contribution in [0.2, 0.25) is 5.02 Å². The Morgan fingerprint density at radius 1 is 1.33 bits per heavy atom. The molecule has 6 heteroatoms. The predicted octanol–water partition coefficient (Wildman–Crippen LogP) is 1.68. The van der Waals surface area contributed by atoms with Crippen molar-refractivity contribution >= 4 is 23.2 Å². The molecule has 1 saturated heterocycles. The summed E-state index contributed by atoms with van der Waals surface area (Å²) in [4.78, 5) is 8.96. The number of nitrogens with zero attached hydrogens (tertiary/aromatic N) is 3. The maximum atomic E-state index is 6.06. The van der Waals surface area contributed by atoms with Crippen molar-refractivity contribution in [3.05, 3.63) is 29.3 Å². The Bertz CT molecular complexity index is 472. The fraction of sp³-hybridized carbons (Fsp3) is 0.533. The maximum absolute atomic E-state index is 6.06. The molecule has 0 atom stereocenters. The summed E-state index contributed by atoms with van der Waals surface area (Å²) in [5, 5.41) is 4.10. The Balaban J connectivity index is 1.87. The molecule has 0 spiro atoms. The fourth-order valence-electron chi connectivity index (χ4n) is 2.45. The van der Waals surface area contributed by atoms with E-state index in [9.17, 15) is 0 Å². The average molecular weight is 311 g/mol. The number of ether oxygens (including phenoxy) is 1. The van der Waals surface area contributed by atoms with E-state index in [4.69, 9.17) is 16.3 Å². The van der Waals surface area contributed by atoms with Gasteiger partial charge in [0.15, 0.2) is 5.96 Å². The van der Waals surface area contributed by atoms with Crippen molar-refractivity contribution < 1.29 is 4.74 Å². The highest BCUT2D eigenvalue weighted by Gasteiger charge is 2.19. The number of rotatable bonds is 4. The lowest BCUT2D eigenvalue weighted by atomic mass is 10.2. The third-order valence-corrected chi connectivity index (χ3v) is 3.79. The van der Waals surface area contributed by atoms with Crippen LogP contribution in [0.15, 0.2) is 29.3 Å². The Morgan fingerprint density at radius 3 is 2.71 bits per heavy atom. The number of methoxy groups -OCH3 is 1. The molecule has 1 heterocycles. The van der Waals surface area contributed by atoms with Crippen LogP contribution >= 0.6 is 11.6 Å². The first-order valence-electron chi connectivity index (χ1n) is 7.19. The van der Waals surface area contributed by atoms with Crippen LogP contribution in [0.25, 0.3) is 0 Å². The van der Waals surface area contributed by atoms with Crippen molar-refractivity contribution in [3.8, 4) is 0 Å². The summed E-state index contributed by atoms with van der Waals surface area (Å²) in [6, 6.07) is 8.02. The number of guanidine groups is 1. The zero-order valence-electron chi connectivity index (χ0n) is 12.7. The summed E-state index contributed by atoms with van der Waals surface area (Å²) < 4.78 is 5.05. The van der Waals surface area contributed by atoms with Crippen molar-refractivity contribution in [2.45, 2.75) is 0 Å². The minimum absolute atomic E-state index is 0.682. The first-order valence-corrected chi connectivity index (χ1v) is 7.57. The first kappa shape index (κ1) is 15.9. The van der Waals surface area contributed by atoms with E-state index in [2.05, 4.69) is 26.2 Å². The number of halogens is 1. The standard InChI is InChI=1S/C15H23ClN4O/c1-17-15(18-6-11-21-2)20-9-7-19(8-10-20)14-5-3-4-13(16)12-14/h3-5,12H,6-11H2,1-2H3,(H,17,18). The van der Waals surface area contributed by atoms with Gasteiger partial charge in [0.05, 0.1) is 6.61 Å². The zero-order valence-corrected chi connectivity index (χ0v) is 13.4. The summed E-state index contributed by atoms with van der Waals surface area (Å²) in [6.45, 7) is 5.27. The minimum Gasteiger partial charge on any atom is -0.383 e. The molecule has 2 rings (SSSR count). The number of hydrogen-bond acceptors (Lipinski definition) is 3. The second-order valence-electron chi connectivity index (χ2n) is 4.92. The van der Waals surface area contributed by atoms with E-state index in [0.29, 0.717) is 6.61 Å². The van der Waals surface area contributed by atoms with Gasteiger partial charge < -0.3 is 19.9 Å². The molecule has 0 amide bonds. The molecule has 116 valence electrons. The number of hydrogen-bond donors (Lipinski definition) is 1. The number of nitrogens with one attached hydrogen (secondary N) is 1. The molecule has 1 aromatic carbocycles. The van der Waals surface area contributed by atoms with Crippen LogP contribution < -0.4 is 10.2 Å². The largest absolute Gasteiger partial charge is 0.383 e. The monoisotopic (exact) mass is 310 g/mol. The van der Waals surface area contributed by atoms with Gasteiger partial charge in [-0.1, -0.05) is 17.7 Å². The Hall–Kier alpha value is -1.46. The summed E-state index contributed by atoms with van der Waals surface area (Å²) in [5.74, 6) is 0.942. The van der Waals surface area contributed by atoms with Gasteiger partial charge in [0.2, 0.25) is 0 Å². The molecule has 21 heavy (non-hydrogen) atoms. The SMILES string of the molecule is CN=C(NCCOC)N1CCN(c2cccc(Cl)c2)CC1. The lowest BCUT2D eigenvalue weighted by Crippen LogP contribution is -2.53.